The molecule has 3 rings (SSSR count). The van der Waals surface area contributed by atoms with Crippen LogP contribution < -0.4 is 0 Å². The van der Waals surface area contributed by atoms with Crippen LogP contribution in [-0.4, -0.2) is 52.6 Å². The Hall–Kier alpha value is -1.76. The Morgan fingerprint density at radius 2 is 2.15 bits per heavy atom. The summed E-state index contributed by atoms with van der Waals surface area (Å²) >= 11 is 0. The van der Waals surface area contributed by atoms with Gasteiger partial charge in [-0.3, -0.25) is 4.90 Å². The van der Waals surface area contributed by atoms with Crippen molar-refractivity contribution in [2.24, 2.45) is 0 Å². The van der Waals surface area contributed by atoms with Crippen molar-refractivity contribution in [3.05, 3.63) is 36.2 Å². The van der Waals surface area contributed by atoms with E-state index < -0.39 is 0 Å². The number of benzene rings is 1. The number of aromatic nitrogens is 2. The molecule has 1 fully saturated rings. The highest BCUT2D eigenvalue weighted by Crippen LogP contribution is 2.17. The van der Waals surface area contributed by atoms with Crippen LogP contribution in [0.2, 0.25) is 0 Å². The molecule has 1 atom stereocenters. The number of hydrogen-bond donors (Lipinski definition) is 1. The zero-order valence-corrected chi connectivity index (χ0v) is 11.1. The molecule has 6 heteroatoms. The number of ether oxygens (including phenoxy) is 1. The average molecular weight is 275 g/mol. The Morgan fingerprint density at radius 1 is 1.30 bits per heavy atom. The number of nitrogens with zero attached hydrogens (tertiary/aromatic N) is 3. The number of aliphatic hydroxyl groups is 1. The van der Waals surface area contributed by atoms with Crippen LogP contribution in [0.15, 0.2) is 34.9 Å². The summed E-state index contributed by atoms with van der Waals surface area (Å²) in [4.78, 5) is 6.50. The molecule has 0 bridgehead atoms. The van der Waals surface area contributed by atoms with E-state index in [1.807, 2.05) is 30.3 Å². The third kappa shape index (κ3) is 2.87. The van der Waals surface area contributed by atoms with E-state index in [0.29, 0.717) is 31.5 Å². The largest absolute Gasteiger partial charge is 0.395 e. The molecule has 0 aliphatic carbocycles. The van der Waals surface area contributed by atoms with Gasteiger partial charge in [0.2, 0.25) is 11.7 Å². The standard InChI is InChI=1S/C14H17N3O3/c18-9-12-10-19-7-6-17(12)8-13-15-14(16-20-13)11-4-2-1-3-5-11/h1-5,12,18H,6-10H2. The van der Waals surface area contributed by atoms with Crippen molar-refractivity contribution in [3.63, 3.8) is 0 Å². The van der Waals surface area contributed by atoms with E-state index in [9.17, 15) is 5.11 Å². The average Bonchev–Trinajstić information content (AvgIpc) is 2.97. The quantitative estimate of drug-likeness (QED) is 0.895. The molecule has 1 aliphatic rings. The lowest BCUT2D eigenvalue weighted by molar-refractivity contribution is -0.0348. The van der Waals surface area contributed by atoms with Gasteiger partial charge >= 0.3 is 0 Å². The number of aliphatic hydroxyl groups excluding tert-OH is 1. The van der Waals surface area contributed by atoms with Gasteiger partial charge < -0.3 is 14.4 Å². The molecule has 0 saturated carbocycles. The van der Waals surface area contributed by atoms with Crippen LogP contribution in [0.5, 0.6) is 0 Å². The van der Waals surface area contributed by atoms with Gasteiger partial charge in [0.1, 0.15) is 0 Å². The normalized spacial score (nSPS) is 20.1. The molecule has 0 amide bonds. The molecular weight excluding hydrogens is 258 g/mol. The van der Waals surface area contributed by atoms with Crippen LogP contribution in [0.25, 0.3) is 11.4 Å². The van der Waals surface area contributed by atoms with E-state index >= 15 is 0 Å². The maximum Gasteiger partial charge on any atom is 0.241 e. The summed E-state index contributed by atoms with van der Waals surface area (Å²) in [6.07, 6.45) is 0. The van der Waals surface area contributed by atoms with Crippen molar-refractivity contribution < 1.29 is 14.4 Å². The van der Waals surface area contributed by atoms with Gasteiger partial charge in [-0.1, -0.05) is 35.5 Å². The Kier molecular flexibility index (Phi) is 4.05. The summed E-state index contributed by atoms with van der Waals surface area (Å²) in [7, 11) is 0. The summed E-state index contributed by atoms with van der Waals surface area (Å²) in [5.74, 6) is 1.15. The molecule has 1 N–H and O–H groups in total. The van der Waals surface area contributed by atoms with Crippen molar-refractivity contribution >= 4 is 0 Å². The van der Waals surface area contributed by atoms with Crippen LogP contribution >= 0.6 is 0 Å². The summed E-state index contributed by atoms with van der Waals surface area (Å²) in [6, 6.07) is 9.71. The van der Waals surface area contributed by atoms with E-state index in [1.165, 1.54) is 0 Å². The molecule has 0 spiro atoms. The topological polar surface area (TPSA) is 71.6 Å². The number of rotatable bonds is 4. The fourth-order valence-corrected chi connectivity index (χ4v) is 2.26. The smallest absolute Gasteiger partial charge is 0.241 e. The van der Waals surface area contributed by atoms with Gasteiger partial charge in [-0.2, -0.15) is 4.98 Å². The summed E-state index contributed by atoms with van der Waals surface area (Å²) in [6.45, 7) is 2.56. The summed E-state index contributed by atoms with van der Waals surface area (Å²) < 4.78 is 10.6. The molecule has 2 heterocycles. The van der Waals surface area contributed by atoms with Crippen molar-refractivity contribution in [2.45, 2.75) is 12.6 Å². The second kappa shape index (κ2) is 6.13. The van der Waals surface area contributed by atoms with Crippen molar-refractivity contribution in [2.75, 3.05) is 26.4 Å². The first-order chi connectivity index (χ1) is 9.86. The molecule has 20 heavy (non-hydrogen) atoms. The highest BCUT2D eigenvalue weighted by Gasteiger charge is 2.24. The van der Waals surface area contributed by atoms with Crippen LogP contribution in [0.4, 0.5) is 0 Å². The predicted octanol–water partition coefficient (Wildman–Crippen LogP) is 0.930. The van der Waals surface area contributed by atoms with Crippen LogP contribution in [-0.2, 0) is 11.3 Å². The zero-order chi connectivity index (χ0) is 13.8. The van der Waals surface area contributed by atoms with E-state index in [0.717, 1.165) is 12.1 Å². The van der Waals surface area contributed by atoms with E-state index in [1.54, 1.807) is 0 Å². The number of morpholine rings is 1. The monoisotopic (exact) mass is 275 g/mol. The first-order valence-electron chi connectivity index (χ1n) is 6.67. The van der Waals surface area contributed by atoms with Crippen molar-refractivity contribution in [1.29, 1.82) is 0 Å². The predicted molar refractivity (Wildman–Crippen MR) is 71.8 cm³/mol. The Morgan fingerprint density at radius 3 is 2.95 bits per heavy atom. The third-order valence-electron chi connectivity index (χ3n) is 3.40. The third-order valence-corrected chi connectivity index (χ3v) is 3.40. The molecule has 1 unspecified atom stereocenters. The Balaban J connectivity index is 1.71. The van der Waals surface area contributed by atoms with Gasteiger partial charge in [-0.25, -0.2) is 0 Å². The first-order valence-corrected chi connectivity index (χ1v) is 6.67. The maximum absolute atomic E-state index is 9.33. The van der Waals surface area contributed by atoms with Crippen molar-refractivity contribution in [1.82, 2.24) is 15.0 Å². The molecule has 106 valence electrons. The molecule has 0 radical (unpaired) electrons. The van der Waals surface area contributed by atoms with E-state index in [2.05, 4.69) is 15.0 Å². The van der Waals surface area contributed by atoms with Crippen LogP contribution in [0.3, 0.4) is 0 Å². The van der Waals surface area contributed by atoms with Gasteiger partial charge in [-0.15, -0.1) is 0 Å². The second-order valence-electron chi connectivity index (χ2n) is 4.76. The molecular formula is C14H17N3O3. The second-order valence-corrected chi connectivity index (χ2v) is 4.76. The fraction of sp³-hybridized carbons (Fsp3) is 0.429. The first kappa shape index (κ1) is 13.2. The lowest BCUT2D eigenvalue weighted by atomic mass is 10.2. The van der Waals surface area contributed by atoms with Gasteiger partial charge in [0.15, 0.2) is 0 Å². The summed E-state index contributed by atoms with van der Waals surface area (Å²) in [5.41, 5.74) is 0.934. The highest BCUT2D eigenvalue weighted by molar-refractivity contribution is 5.53. The minimum Gasteiger partial charge on any atom is -0.395 e. The van der Waals surface area contributed by atoms with Gasteiger partial charge in [0.25, 0.3) is 0 Å². The number of hydrogen-bond acceptors (Lipinski definition) is 6. The summed E-state index contributed by atoms with van der Waals surface area (Å²) in [5, 5.41) is 13.3. The Labute approximate surface area is 117 Å². The van der Waals surface area contributed by atoms with Crippen LogP contribution in [0, 0.1) is 0 Å². The fourth-order valence-electron chi connectivity index (χ4n) is 2.26. The van der Waals surface area contributed by atoms with Gasteiger partial charge in [0.05, 0.1) is 32.4 Å². The molecule has 1 aliphatic heterocycles. The van der Waals surface area contributed by atoms with Gasteiger partial charge in [-0.05, 0) is 0 Å². The lowest BCUT2D eigenvalue weighted by Crippen LogP contribution is -2.46. The molecule has 1 aromatic heterocycles. The Bertz CT molecular complexity index is 544. The van der Waals surface area contributed by atoms with E-state index in [-0.39, 0.29) is 12.6 Å². The van der Waals surface area contributed by atoms with Crippen LogP contribution in [0.1, 0.15) is 5.89 Å². The van der Waals surface area contributed by atoms with E-state index in [4.69, 9.17) is 9.26 Å². The molecule has 2 aromatic rings. The van der Waals surface area contributed by atoms with Crippen molar-refractivity contribution in [3.8, 4) is 11.4 Å². The lowest BCUT2D eigenvalue weighted by Gasteiger charge is -2.33. The highest BCUT2D eigenvalue weighted by atomic mass is 16.5. The minimum atomic E-state index is -0.00387. The minimum absolute atomic E-state index is 0.00387. The SMILES string of the molecule is OCC1COCCN1Cc1nc(-c2ccccc2)no1. The molecule has 1 saturated heterocycles. The van der Waals surface area contributed by atoms with Gasteiger partial charge in [0, 0.05) is 12.1 Å². The molecule has 1 aromatic carbocycles. The molecule has 6 nitrogen and oxygen atoms in total. The zero-order valence-electron chi connectivity index (χ0n) is 11.1. The maximum atomic E-state index is 9.33.